The van der Waals surface area contributed by atoms with Gasteiger partial charge in [-0.25, -0.2) is 0 Å². The first-order chi connectivity index (χ1) is 11.6. The molecular formula is C20H33Cl2N3O. The zero-order valence-electron chi connectivity index (χ0n) is 15.7. The lowest BCUT2D eigenvalue weighted by Crippen LogP contribution is -2.43. The summed E-state index contributed by atoms with van der Waals surface area (Å²) in [6.45, 7) is 3.97. The summed E-state index contributed by atoms with van der Waals surface area (Å²) >= 11 is 0. The van der Waals surface area contributed by atoms with Crippen LogP contribution < -0.4 is 5.73 Å². The van der Waals surface area contributed by atoms with Crippen LogP contribution in [-0.4, -0.2) is 48.4 Å². The number of carbonyl (C=O) groups is 1. The first-order valence-electron chi connectivity index (χ1n) is 9.38. The van der Waals surface area contributed by atoms with E-state index in [9.17, 15) is 4.79 Å². The number of nitrogens with two attached hydrogens (primary N) is 1. The molecule has 2 aliphatic rings. The van der Waals surface area contributed by atoms with Crippen LogP contribution in [0.15, 0.2) is 30.3 Å². The largest absolute Gasteiger partial charge is 0.342 e. The van der Waals surface area contributed by atoms with E-state index >= 15 is 0 Å². The number of carbonyl (C=O) groups excluding carboxylic acids is 1. The van der Waals surface area contributed by atoms with Gasteiger partial charge < -0.3 is 15.5 Å². The highest BCUT2D eigenvalue weighted by molar-refractivity contribution is 5.85. The summed E-state index contributed by atoms with van der Waals surface area (Å²) in [5.41, 5.74) is 7.32. The number of piperidine rings is 1. The Hall–Kier alpha value is -0.810. The summed E-state index contributed by atoms with van der Waals surface area (Å²) in [6, 6.07) is 10.9. The van der Waals surface area contributed by atoms with E-state index in [1.54, 1.807) is 0 Å². The molecule has 26 heavy (non-hydrogen) atoms. The molecule has 148 valence electrons. The Bertz CT molecular complexity index is 535. The maximum atomic E-state index is 12.6. The van der Waals surface area contributed by atoms with Crippen LogP contribution in [0, 0.1) is 11.8 Å². The molecule has 1 aliphatic heterocycles. The van der Waals surface area contributed by atoms with Crippen molar-refractivity contribution in [3.8, 4) is 0 Å². The third kappa shape index (κ3) is 6.41. The smallest absolute Gasteiger partial charge is 0.225 e. The van der Waals surface area contributed by atoms with E-state index < -0.39 is 0 Å². The molecule has 1 aromatic carbocycles. The molecule has 1 saturated heterocycles. The van der Waals surface area contributed by atoms with Crippen LogP contribution in [0.1, 0.15) is 37.7 Å². The lowest BCUT2D eigenvalue weighted by Gasteiger charge is -2.35. The maximum Gasteiger partial charge on any atom is 0.225 e. The van der Waals surface area contributed by atoms with E-state index in [1.807, 2.05) is 0 Å². The number of halogens is 2. The van der Waals surface area contributed by atoms with Gasteiger partial charge in [-0.15, -0.1) is 24.8 Å². The van der Waals surface area contributed by atoms with Crippen molar-refractivity contribution in [2.45, 2.75) is 44.7 Å². The average molecular weight is 402 g/mol. The normalized spacial score (nSPS) is 23.4. The average Bonchev–Trinajstić information content (AvgIpc) is 3.02. The van der Waals surface area contributed by atoms with Gasteiger partial charge >= 0.3 is 0 Å². The molecule has 0 spiro atoms. The predicted molar refractivity (Wildman–Crippen MR) is 112 cm³/mol. The molecule has 1 aliphatic carbocycles. The minimum Gasteiger partial charge on any atom is -0.342 e. The van der Waals surface area contributed by atoms with Crippen LogP contribution >= 0.6 is 24.8 Å². The van der Waals surface area contributed by atoms with Crippen LogP contribution in [0.3, 0.4) is 0 Å². The van der Waals surface area contributed by atoms with Crippen molar-refractivity contribution in [3.05, 3.63) is 35.9 Å². The molecule has 1 heterocycles. The van der Waals surface area contributed by atoms with Crippen LogP contribution in [0.4, 0.5) is 0 Å². The standard InChI is InChI=1S/C20H31N3O.2ClH/c1-22(14-16-5-3-2-4-6-16)15-17-9-11-23(12-10-17)20(24)18-7-8-19(21)13-18;;/h2-6,17-19H,7-15,21H2,1H3;2*1H. The Morgan fingerprint density at radius 2 is 1.77 bits per heavy atom. The number of amides is 1. The molecule has 1 aromatic rings. The molecule has 2 unspecified atom stereocenters. The molecule has 2 fully saturated rings. The SMILES string of the molecule is CN(Cc1ccccc1)CC1CCN(C(=O)C2CCC(N)C2)CC1.Cl.Cl. The fraction of sp³-hybridized carbons (Fsp3) is 0.650. The lowest BCUT2D eigenvalue weighted by atomic mass is 9.94. The molecule has 1 saturated carbocycles. The number of nitrogens with zero attached hydrogens (tertiary/aromatic N) is 2. The molecule has 1 amide bonds. The van der Waals surface area contributed by atoms with Gasteiger partial charge in [0.2, 0.25) is 5.91 Å². The Morgan fingerprint density at radius 1 is 1.12 bits per heavy atom. The van der Waals surface area contributed by atoms with Crippen LogP contribution in [0.5, 0.6) is 0 Å². The molecule has 6 heteroatoms. The van der Waals surface area contributed by atoms with Gasteiger partial charge in [0.05, 0.1) is 0 Å². The first-order valence-corrected chi connectivity index (χ1v) is 9.38. The van der Waals surface area contributed by atoms with Crippen molar-refractivity contribution in [2.75, 3.05) is 26.7 Å². The van der Waals surface area contributed by atoms with Gasteiger partial charge in [0, 0.05) is 38.1 Å². The van der Waals surface area contributed by atoms with E-state index in [2.05, 4.69) is 47.2 Å². The van der Waals surface area contributed by atoms with Gasteiger partial charge in [-0.1, -0.05) is 30.3 Å². The molecule has 3 rings (SSSR count). The molecule has 0 bridgehead atoms. The van der Waals surface area contributed by atoms with E-state index in [1.165, 1.54) is 5.56 Å². The number of rotatable bonds is 5. The monoisotopic (exact) mass is 401 g/mol. The van der Waals surface area contributed by atoms with Gasteiger partial charge in [0.25, 0.3) is 0 Å². The predicted octanol–water partition coefficient (Wildman–Crippen LogP) is 3.33. The van der Waals surface area contributed by atoms with Gasteiger partial charge in [0.1, 0.15) is 0 Å². The zero-order chi connectivity index (χ0) is 16.9. The van der Waals surface area contributed by atoms with Crippen molar-refractivity contribution in [1.82, 2.24) is 9.80 Å². The molecule has 0 aromatic heterocycles. The molecule has 2 N–H and O–H groups in total. The Balaban J connectivity index is 0.00000169. The zero-order valence-corrected chi connectivity index (χ0v) is 17.3. The number of hydrogen-bond donors (Lipinski definition) is 1. The highest BCUT2D eigenvalue weighted by Gasteiger charge is 2.32. The number of benzene rings is 1. The van der Waals surface area contributed by atoms with E-state index in [4.69, 9.17) is 5.73 Å². The second kappa shape index (κ2) is 11.1. The lowest BCUT2D eigenvalue weighted by molar-refractivity contribution is -0.136. The van der Waals surface area contributed by atoms with Gasteiger partial charge in [-0.2, -0.15) is 0 Å². The highest BCUT2D eigenvalue weighted by Crippen LogP contribution is 2.28. The first kappa shape index (κ1) is 23.2. The fourth-order valence-electron chi connectivity index (χ4n) is 4.24. The van der Waals surface area contributed by atoms with Crippen LogP contribution in [0.25, 0.3) is 0 Å². The second-order valence-corrected chi connectivity index (χ2v) is 7.72. The minimum absolute atomic E-state index is 0. The summed E-state index contributed by atoms with van der Waals surface area (Å²) in [4.78, 5) is 17.1. The van der Waals surface area contributed by atoms with E-state index in [0.717, 1.165) is 58.3 Å². The number of likely N-dealkylation sites (tertiary alicyclic amines) is 1. The summed E-state index contributed by atoms with van der Waals surface area (Å²) in [6.07, 6.45) is 5.14. The molecule has 4 nitrogen and oxygen atoms in total. The van der Waals surface area contributed by atoms with Crippen LogP contribution in [0.2, 0.25) is 0 Å². The quantitative estimate of drug-likeness (QED) is 0.822. The van der Waals surface area contributed by atoms with Crippen molar-refractivity contribution in [3.63, 3.8) is 0 Å². The topological polar surface area (TPSA) is 49.6 Å². The van der Waals surface area contributed by atoms with Gasteiger partial charge in [-0.3, -0.25) is 4.79 Å². The minimum atomic E-state index is 0. The van der Waals surface area contributed by atoms with Crippen molar-refractivity contribution in [1.29, 1.82) is 0 Å². The highest BCUT2D eigenvalue weighted by atomic mass is 35.5. The molecular weight excluding hydrogens is 369 g/mol. The van der Waals surface area contributed by atoms with E-state index in [0.29, 0.717) is 11.8 Å². The van der Waals surface area contributed by atoms with Crippen molar-refractivity contribution in [2.24, 2.45) is 17.6 Å². The van der Waals surface area contributed by atoms with E-state index in [-0.39, 0.29) is 36.8 Å². The summed E-state index contributed by atoms with van der Waals surface area (Å²) in [5, 5.41) is 0. The van der Waals surface area contributed by atoms with Crippen LogP contribution in [-0.2, 0) is 11.3 Å². The fourth-order valence-corrected chi connectivity index (χ4v) is 4.24. The third-order valence-corrected chi connectivity index (χ3v) is 5.61. The summed E-state index contributed by atoms with van der Waals surface area (Å²) in [5.74, 6) is 1.25. The molecule has 0 radical (unpaired) electrons. The summed E-state index contributed by atoms with van der Waals surface area (Å²) in [7, 11) is 2.20. The Morgan fingerprint density at radius 3 is 2.35 bits per heavy atom. The second-order valence-electron chi connectivity index (χ2n) is 7.72. The Labute approximate surface area is 170 Å². The van der Waals surface area contributed by atoms with Gasteiger partial charge in [-0.05, 0) is 50.6 Å². The third-order valence-electron chi connectivity index (χ3n) is 5.61. The Kier molecular flexibility index (Phi) is 9.94. The van der Waals surface area contributed by atoms with Crippen molar-refractivity contribution >= 4 is 30.7 Å². The molecule has 2 atom stereocenters. The summed E-state index contributed by atoms with van der Waals surface area (Å²) < 4.78 is 0. The van der Waals surface area contributed by atoms with Gasteiger partial charge in [0.15, 0.2) is 0 Å². The number of hydrogen-bond acceptors (Lipinski definition) is 3. The maximum absolute atomic E-state index is 12.6. The van der Waals surface area contributed by atoms with Crippen molar-refractivity contribution < 1.29 is 4.79 Å².